The molecule has 2 aromatic carbocycles. The van der Waals surface area contributed by atoms with Gasteiger partial charge >= 0.3 is 5.97 Å². The minimum absolute atomic E-state index is 0.0344. The molecule has 0 unspecified atom stereocenters. The molecule has 0 radical (unpaired) electrons. The number of nitrogens with zero attached hydrogens (tertiary/aromatic N) is 3. The Kier molecular flexibility index (Phi) is 5.48. The van der Waals surface area contributed by atoms with E-state index in [1.54, 1.807) is 16.3 Å². The lowest BCUT2D eigenvalue weighted by Gasteiger charge is -2.22. The molecule has 0 N–H and O–H groups in total. The van der Waals surface area contributed by atoms with Gasteiger partial charge in [-0.3, -0.25) is 9.69 Å². The van der Waals surface area contributed by atoms with Crippen LogP contribution in [0.1, 0.15) is 29.3 Å². The number of benzene rings is 2. The highest BCUT2D eigenvalue weighted by Crippen LogP contribution is 2.34. The third-order valence-electron chi connectivity index (χ3n) is 4.66. The van der Waals surface area contributed by atoms with Crippen molar-refractivity contribution in [3.63, 3.8) is 0 Å². The van der Waals surface area contributed by atoms with Gasteiger partial charge in [-0.05, 0) is 49.2 Å². The first-order chi connectivity index (χ1) is 14.8. The number of cyclic esters (lactones) is 1. The van der Waals surface area contributed by atoms with Gasteiger partial charge in [0.2, 0.25) is 11.8 Å². The van der Waals surface area contributed by atoms with E-state index >= 15 is 0 Å². The number of aryl methyl sites for hydroxylation is 2. The number of hydrogen-bond acceptors (Lipinski definition) is 6. The molecule has 1 aliphatic heterocycles. The van der Waals surface area contributed by atoms with Crippen molar-refractivity contribution >= 4 is 46.0 Å². The fourth-order valence-corrected chi connectivity index (χ4v) is 4.12. The quantitative estimate of drug-likeness (QED) is 0.430. The van der Waals surface area contributed by atoms with Crippen LogP contribution < -0.4 is 4.90 Å². The van der Waals surface area contributed by atoms with E-state index in [0.717, 1.165) is 16.8 Å². The lowest BCUT2D eigenvalue weighted by molar-refractivity contribution is -0.130. The summed E-state index contributed by atoms with van der Waals surface area (Å²) in [6, 6.07) is 11.5. The SMILES string of the molecule is CC(=O)N(c1nc(/C=C2\N=C(c3cccc(F)c3)OC2=O)cs1)c1c(C)cccc1C. The monoisotopic (exact) mass is 435 g/mol. The number of halogens is 1. The highest BCUT2D eigenvalue weighted by molar-refractivity contribution is 7.14. The normalized spacial score (nSPS) is 14.5. The van der Waals surface area contributed by atoms with Crippen LogP contribution in [0, 0.1) is 19.7 Å². The fraction of sp³-hybridized carbons (Fsp3) is 0.130. The molecule has 0 spiro atoms. The molecule has 156 valence electrons. The molecule has 0 saturated carbocycles. The molecule has 0 saturated heterocycles. The van der Waals surface area contributed by atoms with Crippen LogP contribution in [0.25, 0.3) is 6.08 Å². The summed E-state index contributed by atoms with van der Waals surface area (Å²) in [7, 11) is 0. The zero-order chi connectivity index (χ0) is 22.1. The predicted octanol–water partition coefficient (Wildman–Crippen LogP) is 4.93. The highest BCUT2D eigenvalue weighted by atomic mass is 32.1. The van der Waals surface area contributed by atoms with Crippen molar-refractivity contribution in [2.75, 3.05) is 4.90 Å². The number of hydrogen-bond donors (Lipinski definition) is 0. The lowest BCUT2D eigenvalue weighted by Crippen LogP contribution is -2.24. The summed E-state index contributed by atoms with van der Waals surface area (Å²) < 4.78 is 18.6. The number of aliphatic imine (C=N–C) groups is 1. The van der Waals surface area contributed by atoms with Crippen LogP contribution in [0.3, 0.4) is 0 Å². The number of carbonyl (C=O) groups is 2. The summed E-state index contributed by atoms with van der Waals surface area (Å²) in [6.07, 6.45) is 1.48. The minimum Gasteiger partial charge on any atom is -0.402 e. The molecule has 31 heavy (non-hydrogen) atoms. The third kappa shape index (κ3) is 4.15. The van der Waals surface area contributed by atoms with Crippen molar-refractivity contribution in [1.29, 1.82) is 0 Å². The summed E-state index contributed by atoms with van der Waals surface area (Å²) in [6.45, 7) is 5.35. The Morgan fingerprint density at radius 3 is 2.55 bits per heavy atom. The van der Waals surface area contributed by atoms with Crippen molar-refractivity contribution < 1.29 is 18.7 Å². The zero-order valence-corrected chi connectivity index (χ0v) is 17.9. The Labute approximate surface area is 182 Å². The van der Waals surface area contributed by atoms with Gasteiger partial charge in [0.1, 0.15) is 5.82 Å². The molecule has 0 atom stereocenters. The van der Waals surface area contributed by atoms with Crippen molar-refractivity contribution in [2.24, 2.45) is 4.99 Å². The summed E-state index contributed by atoms with van der Waals surface area (Å²) >= 11 is 1.28. The van der Waals surface area contributed by atoms with Crippen molar-refractivity contribution in [3.05, 3.63) is 81.7 Å². The second-order valence-corrected chi connectivity index (χ2v) is 7.83. The molecular weight excluding hydrogens is 417 g/mol. The molecule has 0 bridgehead atoms. The molecule has 0 aliphatic carbocycles. The minimum atomic E-state index is -0.646. The van der Waals surface area contributed by atoms with Crippen LogP contribution >= 0.6 is 11.3 Å². The van der Waals surface area contributed by atoms with E-state index in [1.807, 2.05) is 32.0 Å². The van der Waals surface area contributed by atoms with Gasteiger partial charge in [-0.15, -0.1) is 11.3 Å². The van der Waals surface area contributed by atoms with Gasteiger partial charge in [-0.2, -0.15) is 0 Å². The van der Waals surface area contributed by atoms with E-state index in [1.165, 1.54) is 42.5 Å². The van der Waals surface area contributed by atoms with Gasteiger partial charge in [0.15, 0.2) is 10.8 Å². The summed E-state index contributed by atoms with van der Waals surface area (Å²) in [5.41, 5.74) is 3.58. The molecule has 2 heterocycles. The average Bonchev–Trinajstić information content (AvgIpc) is 3.32. The lowest BCUT2D eigenvalue weighted by atomic mass is 10.1. The Morgan fingerprint density at radius 2 is 1.87 bits per heavy atom. The number of para-hydroxylation sites is 1. The Hall–Kier alpha value is -3.65. The second kappa shape index (κ2) is 8.23. The van der Waals surface area contributed by atoms with E-state index in [-0.39, 0.29) is 17.5 Å². The number of thiazole rings is 1. The first-order valence-electron chi connectivity index (χ1n) is 9.44. The molecule has 6 nitrogen and oxygen atoms in total. The molecule has 1 aromatic heterocycles. The standard InChI is InChI=1S/C23H18FN3O3S/c1-13-6-4-7-14(2)20(13)27(15(3)28)23-25-18(12-31-23)11-19-22(29)30-21(26-19)16-8-5-9-17(24)10-16/h4-12H,1-3H3/b19-11-. The van der Waals surface area contributed by atoms with Gasteiger partial charge in [0.25, 0.3) is 0 Å². The van der Waals surface area contributed by atoms with Crippen LogP contribution in [0.15, 0.2) is 58.5 Å². The molecular formula is C23H18FN3O3S. The summed E-state index contributed by atoms with van der Waals surface area (Å²) in [5, 5.41) is 2.21. The molecule has 0 fully saturated rings. The average molecular weight is 435 g/mol. The highest BCUT2D eigenvalue weighted by Gasteiger charge is 2.26. The van der Waals surface area contributed by atoms with Gasteiger partial charge in [-0.25, -0.2) is 19.2 Å². The maximum Gasteiger partial charge on any atom is 0.363 e. The van der Waals surface area contributed by atoms with E-state index in [2.05, 4.69) is 9.98 Å². The maximum absolute atomic E-state index is 13.5. The number of amides is 1. The maximum atomic E-state index is 13.5. The van der Waals surface area contributed by atoms with Crippen LogP contribution in [0.5, 0.6) is 0 Å². The van der Waals surface area contributed by atoms with Crippen molar-refractivity contribution in [3.8, 4) is 0 Å². The molecule has 4 rings (SSSR count). The first-order valence-corrected chi connectivity index (χ1v) is 10.3. The van der Waals surface area contributed by atoms with Gasteiger partial charge in [0.05, 0.1) is 11.4 Å². The topological polar surface area (TPSA) is 71.9 Å². The Bertz CT molecular complexity index is 1240. The zero-order valence-electron chi connectivity index (χ0n) is 17.0. The van der Waals surface area contributed by atoms with E-state index in [0.29, 0.717) is 16.4 Å². The molecule has 1 aliphatic rings. The van der Waals surface area contributed by atoms with Crippen molar-refractivity contribution in [2.45, 2.75) is 20.8 Å². The molecule has 8 heteroatoms. The van der Waals surface area contributed by atoms with E-state index < -0.39 is 11.8 Å². The Balaban J connectivity index is 1.67. The third-order valence-corrected chi connectivity index (χ3v) is 5.50. The van der Waals surface area contributed by atoms with Crippen LogP contribution in [0.2, 0.25) is 0 Å². The molecule has 1 amide bonds. The van der Waals surface area contributed by atoms with Gasteiger partial charge in [0, 0.05) is 17.9 Å². The van der Waals surface area contributed by atoms with Crippen LogP contribution in [-0.4, -0.2) is 22.8 Å². The van der Waals surface area contributed by atoms with Gasteiger partial charge < -0.3 is 4.74 Å². The second-order valence-electron chi connectivity index (χ2n) is 7.00. The fourth-order valence-electron chi connectivity index (χ4n) is 3.29. The van der Waals surface area contributed by atoms with Gasteiger partial charge in [-0.1, -0.05) is 24.3 Å². The predicted molar refractivity (Wildman–Crippen MR) is 118 cm³/mol. The smallest absolute Gasteiger partial charge is 0.363 e. The number of anilines is 2. The first kappa shape index (κ1) is 20.6. The number of carbonyl (C=O) groups excluding carboxylic acids is 2. The van der Waals surface area contributed by atoms with E-state index in [9.17, 15) is 14.0 Å². The molecule has 3 aromatic rings. The number of ether oxygens (including phenoxy) is 1. The van der Waals surface area contributed by atoms with Crippen LogP contribution in [-0.2, 0) is 14.3 Å². The summed E-state index contributed by atoms with van der Waals surface area (Å²) in [5.74, 6) is -1.23. The van der Waals surface area contributed by atoms with E-state index in [4.69, 9.17) is 4.74 Å². The Morgan fingerprint density at radius 1 is 1.16 bits per heavy atom. The van der Waals surface area contributed by atoms with Crippen molar-refractivity contribution in [1.82, 2.24) is 4.98 Å². The number of aromatic nitrogens is 1. The largest absolute Gasteiger partial charge is 0.402 e. The van der Waals surface area contributed by atoms with Crippen LogP contribution in [0.4, 0.5) is 15.2 Å². The number of rotatable bonds is 4. The summed E-state index contributed by atoms with van der Waals surface area (Å²) in [4.78, 5) is 34.9. The number of esters is 1.